The van der Waals surface area contributed by atoms with E-state index < -0.39 is 18.1 Å². The molecule has 8 heteroatoms. The van der Waals surface area contributed by atoms with Crippen LogP contribution in [0.1, 0.15) is 32.6 Å². The molecule has 1 aliphatic heterocycles. The van der Waals surface area contributed by atoms with Crippen molar-refractivity contribution in [3.63, 3.8) is 0 Å². The maximum Gasteiger partial charge on any atom is 0.323 e. The highest BCUT2D eigenvalue weighted by molar-refractivity contribution is 6.00. The van der Waals surface area contributed by atoms with E-state index in [1.165, 1.54) is 9.80 Å². The first-order chi connectivity index (χ1) is 17.4. The van der Waals surface area contributed by atoms with Gasteiger partial charge in [-0.25, -0.2) is 4.79 Å². The summed E-state index contributed by atoms with van der Waals surface area (Å²) in [6.45, 7) is 5.00. The summed E-state index contributed by atoms with van der Waals surface area (Å²) in [5.41, 5.74) is 10.7. The third-order valence-corrected chi connectivity index (χ3v) is 6.19. The number of aryl methyl sites for hydroxylation is 2. The monoisotopic (exact) mass is 485 g/mol. The Bertz CT molecular complexity index is 1260. The first kappa shape index (κ1) is 24.9. The van der Waals surface area contributed by atoms with E-state index in [4.69, 9.17) is 5.73 Å². The maximum absolute atomic E-state index is 13.4. The van der Waals surface area contributed by atoms with Crippen LogP contribution in [-0.2, 0) is 17.9 Å². The van der Waals surface area contributed by atoms with Gasteiger partial charge in [-0.2, -0.15) is 0 Å². The number of nitrogens with one attached hydrogen (secondary N) is 2. The van der Waals surface area contributed by atoms with Crippen molar-refractivity contribution in [2.75, 3.05) is 18.4 Å². The average molecular weight is 486 g/mol. The van der Waals surface area contributed by atoms with Crippen LogP contribution in [0.25, 0.3) is 0 Å². The minimum absolute atomic E-state index is 0.232. The predicted molar refractivity (Wildman–Crippen MR) is 139 cm³/mol. The van der Waals surface area contributed by atoms with E-state index in [0.29, 0.717) is 17.8 Å². The predicted octanol–water partition coefficient (Wildman–Crippen LogP) is 3.39. The second kappa shape index (κ2) is 11.0. The van der Waals surface area contributed by atoms with Crippen molar-refractivity contribution < 1.29 is 14.4 Å². The third kappa shape index (κ3) is 5.72. The highest BCUT2D eigenvalue weighted by Gasteiger charge is 2.43. The van der Waals surface area contributed by atoms with Gasteiger partial charge in [-0.15, -0.1) is 0 Å². The molecule has 0 bridgehead atoms. The molecule has 1 unspecified atom stereocenters. The number of carbonyl (C=O) groups is 3. The van der Waals surface area contributed by atoms with Gasteiger partial charge in [-0.05, 0) is 49.2 Å². The van der Waals surface area contributed by atoms with Crippen LogP contribution in [-0.4, -0.2) is 46.9 Å². The molecular weight excluding hydrogens is 454 g/mol. The normalized spacial score (nSPS) is 15.0. The first-order valence-corrected chi connectivity index (χ1v) is 11.9. The number of hydrogen-bond donors (Lipinski definition) is 3. The Morgan fingerprint density at radius 1 is 0.861 bits per heavy atom. The lowest BCUT2D eigenvalue weighted by Crippen LogP contribution is -2.54. The van der Waals surface area contributed by atoms with E-state index in [-0.39, 0.29) is 25.5 Å². The molecule has 4 amide bonds. The lowest BCUT2D eigenvalue weighted by molar-refractivity contribution is -0.128. The van der Waals surface area contributed by atoms with E-state index in [9.17, 15) is 14.4 Å². The Balaban J connectivity index is 1.56. The van der Waals surface area contributed by atoms with Crippen LogP contribution in [0.5, 0.6) is 0 Å². The fourth-order valence-electron chi connectivity index (χ4n) is 4.26. The number of amides is 4. The quantitative estimate of drug-likeness (QED) is 0.497. The zero-order valence-electron chi connectivity index (χ0n) is 20.5. The number of hydrogen-bond acceptors (Lipinski definition) is 4. The van der Waals surface area contributed by atoms with Crippen molar-refractivity contribution in [2.24, 2.45) is 5.73 Å². The van der Waals surface area contributed by atoms with Crippen LogP contribution in [0.2, 0.25) is 0 Å². The molecule has 1 heterocycles. The average Bonchev–Trinajstić information content (AvgIpc) is 3.34. The standard InChI is InChI=1S/C28H31N5O3/c1-19-9-11-24(12-10-19)31-28(36)33-14-13-32(27(35)23-8-3-5-20(2)15-23)26(33)25(34)30-18-22-7-4-6-21(16-22)17-29/h3-12,15-16,26H,13-14,17-18,29H2,1-2H3,(H,30,34)(H,31,36). The Morgan fingerprint density at radius 2 is 1.56 bits per heavy atom. The Labute approximate surface area is 211 Å². The second-order valence-electron chi connectivity index (χ2n) is 8.97. The van der Waals surface area contributed by atoms with Gasteiger partial charge in [0.2, 0.25) is 0 Å². The van der Waals surface area contributed by atoms with Gasteiger partial charge >= 0.3 is 6.03 Å². The van der Waals surface area contributed by atoms with Crippen molar-refractivity contribution in [3.05, 3.63) is 101 Å². The van der Waals surface area contributed by atoms with Crippen LogP contribution in [0, 0.1) is 13.8 Å². The lowest BCUT2D eigenvalue weighted by atomic mass is 10.1. The Hall–Kier alpha value is -4.17. The van der Waals surface area contributed by atoms with Crippen molar-refractivity contribution >= 4 is 23.5 Å². The largest absolute Gasteiger partial charge is 0.349 e. The molecule has 1 aliphatic rings. The first-order valence-electron chi connectivity index (χ1n) is 11.9. The van der Waals surface area contributed by atoms with E-state index in [0.717, 1.165) is 22.3 Å². The molecular formula is C28H31N5O3. The summed E-state index contributed by atoms with van der Waals surface area (Å²) >= 11 is 0. The highest BCUT2D eigenvalue weighted by atomic mass is 16.2. The number of nitrogens with two attached hydrogens (primary N) is 1. The summed E-state index contributed by atoms with van der Waals surface area (Å²) in [6.07, 6.45) is -1.08. The van der Waals surface area contributed by atoms with Gasteiger partial charge < -0.3 is 21.3 Å². The van der Waals surface area contributed by atoms with Crippen molar-refractivity contribution in [1.29, 1.82) is 0 Å². The summed E-state index contributed by atoms with van der Waals surface area (Å²) in [4.78, 5) is 42.9. The van der Waals surface area contributed by atoms with Gasteiger partial charge in [0.1, 0.15) is 0 Å². The summed E-state index contributed by atoms with van der Waals surface area (Å²) in [5.74, 6) is -0.722. The van der Waals surface area contributed by atoms with Crippen molar-refractivity contribution in [1.82, 2.24) is 15.1 Å². The zero-order valence-corrected chi connectivity index (χ0v) is 20.5. The minimum atomic E-state index is -1.08. The van der Waals surface area contributed by atoms with Gasteiger partial charge in [0.25, 0.3) is 11.8 Å². The van der Waals surface area contributed by atoms with Crippen LogP contribution < -0.4 is 16.4 Å². The topological polar surface area (TPSA) is 108 Å². The molecule has 0 spiro atoms. The third-order valence-electron chi connectivity index (χ3n) is 6.19. The molecule has 0 saturated carbocycles. The molecule has 1 atom stereocenters. The molecule has 186 valence electrons. The molecule has 8 nitrogen and oxygen atoms in total. The van der Waals surface area contributed by atoms with Crippen molar-refractivity contribution in [2.45, 2.75) is 33.1 Å². The number of urea groups is 1. The summed E-state index contributed by atoms with van der Waals surface area (Å²) in [5, 5.41) is 5.75. The molecule has 0 radical (unpaired) electrons. The van der Waals surface area contributed by atoms with Crippen LogP contribution in [0.4, 0.5) is 10.5 Å². The zero-order chi connectivity index (χ0) is 25.7. The number of rotatable bonds is 6. The molecule has 3 aromatic rings. The highest BCUT2D eigenvalue weighted by Crippen LogP contribution is 2.21. The van der Waals surface area contributed by atoms with E-state index in [2.05, 4.69) is 10.6 Å². The van der Waals surface area contributed by atoms with Crippen LogP contribution >= 0.6 is 0 Å². The summed E-state index contributed by atoms with van der Waals surface area (Å²) in [7, 11) is 0. The molecule has 0 aromatic heterocycles. The fraction of sp³-hybridized carbons (Fsp3) is 0.250. The van der Waals surface area contributed by atoms with Crippen molar-refractivity contribution in [3.8, 4) is 0 Å². The molecule has 4 rings (SSSR count). The number of anilines is 1. The van der Waals surface area contributed by atoms with Gasteiger partial charge in [0, 0.05) is 37.4 Å². The number of benzene rings is 3. The van der Waals surface area contributed by atoms with E-state index in [1.807, 2.05) is 56.3 Å². The number of carbonyl (C=O) groups excluding carboxylic acids is 3. The van der Waals surface area contributed by atoms with Gasteiger partial charge in [0.15, 0.2) is 6.17 Å². The minimum Gasteiger partial charge on any atom is -0.349 e. The smallest absolute Gasteiger partial charge is 0.323 e. The Kier molecular flexibility index (Phi) is 7.65. The van der Waals surface area contributed by atoms with Crippen LogP contribution in [0.15, 0.2) is 72.8 Å². The molecule has 4 N–H and O–H groups in total. The molecule has 36 heavy (non-hydrogen) atoms. The Morgan fingerprint density at radius 3 is 2.28 bits per heavy atom. The second-order valence-corrected chi connectivity index (χ2v) is 8.97. The fourth-order valence-corrected chi connectivity index (χ4v) is 4.26. The molecule has 1 fully saturated rings. The molecule has 1 saturated heterocycles. The number of nitrogens with zero attached hydrogens (tertiary/aromatic N) is 2. The summed E-state index contributed by atoms with van der Waals surface area (Å²) < 4.78 is 0. The lowest BCUT2D eigenvalue weighted by Gasteiger charge is -2.29. The van der Waals surface area contributed by atoms with E-state index in [1.54, 1.807) is 30.3 Å². The van der Waals surface area contributed by atoms with Gasteiger partial charge in [-0.3, -0.25) is 14.5 Å². The van der Waals surface area contributed by atoms with E-state index >= 15 is 0 Å². The van der Waals surface area contributed by atoms with Crippen LogP contribution in [0.3, 0.4) is 0 Å². The molecule has 3 aromatic carbocycles. The van der Waals surface area contributed by atoms with Gasteiger partial charge in [0.05, 0.1) is 0 Å². The maximum atomic E-state index is 13.4. The SMILES string of the molecule is Cc1ccc(NC(=O)N2CCN(C(=O)c3cccc(C)c3)C2C(=O)NCc2cccc(CN)c2)cc1. The summed E-state index contributed by atoms with van der Waals surface area (Å²) in [6, 6.07) is 21.8. The van der Waals surface area contributed by atoms with Gasteiger partial charge in [-0.1, -0.05) is 59.7 Å². The molecule has 0 aliphatic carbocycles.